The molecule has 16 heavy (non-hydrogen) atoms. The van der Waals surface area contributed by atoms with Gasteiger partial charge in [-0.05, 0) is 18.2 Å². The van der Waals surface area contributed by atoms with Gasteiger partial charge in [0, 0.05) is 10.0 Å². The summed E-state index contributed by atoms with van der Waals surface area (Å²) in [6, 6.07) is 4.50. The minimum Gasteiger partial charge on any atom is -0.376 e. The largest absolute Gasteiger partial charge is 0.376 e. The van der Waals surface area contributed by atoms with Crippen molar-refractivity contribution in [1.29, 1.82) is 0 Å². The number of hydrogen-bond acceptors (Lipinski definition) is 2. The molecule has 0 spiro atoms. The Morgan fingerprint density at radius 3 is 2.94 bits per heavy atom. The van der Waals surface area contributed by atoms with Crippen molar-refractivity contribution in [2.45, 2.75) is 5.92 Å². The maximum absolute atomic E-state index is 13.5. The summed E-state index contributed by atoms with van der Waals surface area (Å²) < 4.78 is 19.3. The van der Waals surface area contributed by atoms with Crippen LogP contribution in [0.2, 0.25) is 0 Å². The van der Waals surface area contributed by atoms with Gasteiger partial charge < -0.3 is 9.53 Å². The number of halogens is 2. The van der Waals surface area contributed by atoms with Gasteiger partial charge >= 0.3 is 0 Å². The second kappa shape index (κ2) is 6.55. The summed E-state index contributed by atoms with van der Waals surface area (Å²) in [5.41, 5.74) is 0.341. The molecule has 0 fully saturated rings. The van der Waals surface area contributed by atoms with Gasteiger partial charge in [-0.15, -0.1) is 6.58 Å². The Labute approximate surface area is 102 Å². The van der Waals surface area contributed by atoms with Gasteiger partial charge in [0.25, 0.3) is 0 Å². The van der Waals surface area contributed by atoms with Gasteiger partial charge in [0.15, 0.2) is 0 Å². The fourth-order valence-corrected chi connectivity index (χ4v) is 1.66. The van der Waals surface area contributed by atoms with Crippen LogP contribution in [-0.2, 0) is 9.53 Å². The predicted molar refractivity (Wildman–Crippen MR) is 63.9 cm³/mol. The first-order chi connectivity index (χ1) is 7.69. The summed E-state index contributed by atoms with van der Waals surface area (Å²) in [6.07, 6.45) is 2.27. The first kappa shape index (κ1) is 13.1. The molecule has 2 nitrogen and oxygen atoms in total. The highest BCUT2D eigenvalue weighted by atomic mass is 79.9. The van der Waals surface area contributed by atoms with Crippen molar-refractivity contribution < 1.29 is 13.9 Å². The molecule has 1 unspecified atom stereocenters. The van der Waals surface area contributed by atoms with E-state index in [0.29, 0.717) is 18.5 Å². The van der Waals surface area contributed by atoms with E-state index in [0.717, 1.165) is 4.47 Å². The molecule has 0 aliphatic rings. The van der Waals surface area contributed by atoms with E-state index in [1.807, 2.05) is 0 Å². The zero-order valence-corrected chi connectivity index (χ0v) is 10.2. The van der Waals surface area contributed by atoms with Gasteiger partial charge in [0.2, 0.25) is 0 Å². The normalized spacial score (nSPS) is 12.1. The lowest BCUT2D eigenvalue weighted by Gasteiger charge is -2.11. The predicted octanol–water partition coefficient (Wildman–Crippen LogP) is 3.07. The van der Waals surface area contributed by atoms with Gasteiger partial charge in [0.1, 0.15) is 12.1 Å². The van der Waals surface area contributed by atoms with Crippen LogP contribution >= 0.6 is 15.9 Å². The van der Waals surface area contributed by atoms with Crippen molar-refractivity contribution in [3.63, 3.8) is 0 Å². The summed E-state index contributed by atoms with van der Waals surface area (Å²) in [5.74, 6) is -0.986. The van der Waals surface area contributed by atoms with Crippen LogP contribution in [0.1, 0.15) is 11.5 Å². The lowest BCUT2D eigenvalue weighted by atomic mass is 10.0. The van der Waals surface area contributed by atoms with E-state index in [1.165, 1.54) is 6.07 Å². The Bertz CT molecular complexity index is 379. The van der Waals surface area contributed by atoms with Crippen molar-refractivity contribution in [1.82, 2.24) is 0 Å². The number of ether oxygens (including phenoxy) is 1. The van der Waals surface area contributed by atoms with Crippen LogP contribution in [0.25, 0.3) is 0 Å². The van der Waals surface area contributed by atoms with Crippen LogP contribution in [0.3, 0.4) is 0 Å². The molecule has 0 heterocycles. The third kappa shape index (κ3) is 3.54. The Kier molecular flexibility index (Phi) is 5.35. The first-order valence-electron chi connectivity index (χ1n) is 4.78. The lowest BCUT2D eigenvalue weighted by Crippen LogP contribution is -2.11. The highest BCUT2D eigenvalue weighted by Crippen LogP contribution is 2.22. The van der Waals surface area contributed by atoms with Crippen LogP contribution in [0.4, 0.5) is 4.39 Å². The fraction of sp³-hybridized carbons (Fsp3) is 0.250. The summed E-state index contributed by atoms with van der Waals surface area (Å²) in [5, 5.41) is 0. The zero-order valence-electron chi connectivity index (χ0n) is 8.66. The Balaban J connectivity index is 2.81. The van der Waals surface area contributed by atoms with Crippen LogP contribution in [-0.4, -0.2) is 19.5 Å². The number of aldehydes is 1. The Morgan fingerprint density at radius 2 is 2.31 bits per heavy atom. The quantitative estimate of drug-likeness (QED) is 0.456. The van der Waals surface area contributed by atoms with Crippen LogP contribution < -0.4 is 0 Å². The second-order valence-electron chi connectivity index (χ2n) is 3.23. The molecule has 0 amide bonds. The van der Waals surface area contributed by atoms with E-state index in [2.05, 4.69) is 22.5 Å². The minimum absolute atomic E-state index is 0.156. The first-order valence-corrected chi connectivity index (χ1v) is 5.57. The van der Waals surface area contributed by atoms with Crippen LogP contribution in [0.15, 0.2) is 35.3 Å². The molecule has 0 N–H and O–H groups in total. The second-order valence-corrected chi connectivity index (χ2v) is 4.15. The summed E-state index contributed by atoms with van der Waals surface area (Å²) in [6.45, 7) is 4.00. The number of benzene rings is 1. The summed E-state index contributed by atoms with van der Waals surface area (Å²) >= 11 is 3.24. The van der Waals surface area contributed by atoms with Crippen molar-refractivity contribution in [3.05, 3.63) is 46.7 Å². The number of rotatable bonds is 6. The van der Waals surface area contributed by atoms with Crippen molar-refractivity contribution in [2.75, 3.05) is 13.2 Å². The maximum atomic E-state index is 13.5. The Morgan fingerprint density at radius 1 is 1.56 bits per heavy atom. The maximum Gasteiger partial charge on any atom is 0.129 e. The lowest BCUT2D eigenvalue weighted by molar-refractivity contribution is -0.110. The number of carbonyl (C=O) groups excluding carboxylic acids is 1. The molecule has 0 aromatic heterocycles. The molecule has 4 heteroatoms. The molecule has 1 atom stereocenters. The SMILES string of the molecule is C=CCOCC(C=O)c1cc(Br)ccc1F. The summed E-state index contributed by atoms with van der Waals surface area (Å²) in [7, 11) is 0. The molecule has 1 aromatic rings. The van der Waals surface area contributed by atoms with Crippen LogP contribution in [0, 0.1) is 5.82 Å². The van der Waals surface area contributed by atoms with E-state index >= 15 is 0 Å². The van der Waals surface area contributed by atoms with Crippen molar-refractivity contribution in [2.24, 2.45) is 0 Å². The van der Waals surface area contributed by atoms with E-state index in [9.17, 15) is 9.18 Å². The monoisotopic (exact) mass is 286 g/mol. The van der Waals surface area contributed by atoms with Crippen LogP contribution in [0.5, 0.6) is 0 Å². The third-order valence-electron chi connectivity index (χ3n) is 2.05. The molecule has 0 saturated heterocycles. The minimum atomic E-state index is -0.586. The van der Waals surface area contributed by atoms with Gasteiger partial charge in [-0.2, -0.15) is 0 Å². The average Bonchev–Trinajstić information content (AvgIpc) is 2.28. The zero-order chi connectivity index (χ0) is 12.0. The molecule has 0 bridgehead atoms. The Hall–Kier alpha value is -1.00. The third-order valence-corrected chi connectivity index (χ3v) is 2.55. The van der Waals surface area contributed by atoms with Gasteiger partial charge in [-0.1, -0.05) is 22.0 Å². The van der Waals surface area contributed by atoms with Gasteiger partial charge in [-0.25, -0.2) is 4.39 Å². The van der Waals surface area contributed by atoms with E-state index < -0.39 is 11.7 Å². The molecule has 1 aromatic carbocycles. The molecule has 0 aliphatic heterocycles. The molecule has 0 saturated carbocycles. The molecule has 0 radical (unpaired) electrons. The standard InChI is InChI=1S/C12H12BrFO2/c1-2-5-16-8-9(7-15)11-6-10(13)3-4-12(11)14/h2-4,6-7,9H,1,5,8H2. The highest BCUT2D eigenvalue weighted by Gasteiger charge is 2.15. The van der Waals surface area contributed by atoms with E-state index in [4.69, 9.17) is 4.74 Å². The molecule has 86 valence electrons. The van der Waals surface area contributed by atoms with Crippen molar-refractivity contribution in [3.8, 4) is 0 Å². The fourth-order valence-electron chi connectivity index (χ4n) is 1.28. The average molecular weight is 287 g/mol. The molecule has 1 rings (SSSR count). The topological polar surface area (TPSA) is 26.3 Å². The van der Waals surface area contributed by atoms with Gasteiger partial charge in [0.05, 0.1) is 19.1 Å². The molecule has 0 aliphatic carbocycles. The van der Waals surface area contributed by atoms with Gasteiger partial charge in [-0.3, -0.25) is 0 Å². The highest BCUT2D eigenvalue weighted by molar-refractivity contribution is 9.10. The molecular weight excluding hydrogens is 275 g/mol. The van der Waals surface area contributed by atoms with Crippen molar-refractivity contribution >= 4 is 22.2 Å². The summed E-state index contributed by atoms with van der Waals surface area (Å²) in [4.78, 5) is 10.9. The van der Waals surface area contributed by atoms with E-state index in [1.54, 1.807) is 18.2 Å². The number of carbonyl (C=O) groups is 1. The number of hydrogen-bond donors (Lipinski definition) is 0. The smallest absolute Gasteiger partial charge is 0.129 e. The molecular formula is C12H12BrFO2. The van der Waals surface area contributed by atoms with E-state index in [-0.39, 0.29) is 6.61 Å².